The summed E-state index contributed by atoms with van der Waals surface area (Å²) in [6.45, 7) is 5.85. The van der Waals surface area contributed by atoms with Gasteiger partial charge in [-0.05, 0) is 45.0 Å². The number of rotatable bonds is 4. The van der Waals surface area contributed by atoms with Crippen LogP contribution in [0.5, 0.6) is 0 Å². The SMILES string of the molecule is Cc1ccc(-n2c(=O)c3ccccc3n3c(SCc4c(C)noc4C)nnc23)cc1. The number of thioether (sulfide) groups is 1. The highest BCUT2D eigenvalue weighted by Gasteiger charge is 2.19. The van der Waals surface area contributed by atoms with Crippen LogP contribution in [0.2, 0.25) is 0 Å². The Morgan fingerprint density at radius 2 is 1.77 bits per heavy atom. The van der Waals surface area contributed by atoms with Gasteiger partial charge in [-0.15, -0.1) is 10.2 Å². The molecule has 30 heavy (non-hydrogen) atoms. The van der Waals surface area contributed by atoms with E-state index in [4.69, 9.17) is 4.52 Å². The molecule has 0 fully saturated rings. The van der Waals surface area contributed by atoms with Crippen LogP contribution >= 0.6 is 11.8 Å². The third-order valence-corrected chi connectivity index (χ3v) is 6.17. The van der Waals surface area contributed by atoms with Crippen molar-refractivity contribution < 1.29 is 4.52 Å². The second-order valence-electron chi connectivity index (χ2n) is 7.20. The molecule has 5 rings (SSSR count). The summed E-state index contributed by atoms with van der Waals surface area (Å²) >= 11 is 1.54. The van der Waals surface area contributed by atoms with Gasteiger partial charge in [0.2, 0.25) is 5.78 Å². The predicted molar refractivity (Wildman–Crippen MR) is 116 cm³/mol. The van der Waals surface area contributed by atoms with Crippen molar-refractivity contribution in [2.45, 2.75) is 31.7 Å². The molecule has 0 N–H and O–H groups in total. The lowest BCUT2D eigenvalue weighted by Gasteiger charge is -2.11. The highest BCUT2D eigenvalue weighted by atomic mass is 32.2. The molecule has 0 aliphatic heterocycles. The van der Waals surface area contributed by atoms with E-state index in [1.807, 2.05) is 73.7 Å². The summed E-state index contributed by atoms with van der Waals surface area (Å²) in [6.07, 6.45) is 0. The fraction of sp³-hybridized carbons (Fsp3) is 0.182. The van der Waals surface area contributed by atoms with Gasteiger partial charge in [-0.2, -0.15) is 0 Å². The Labute approximate surface area is 176 Å². The van der Waals surface area contributed by atoms with Gasteiger partial charge in [0.25, 0.3) is 5.56 Å². The molecule has 0 atom stereocenters. The molecular formula is C22H19N5O2S. The van der Waals surface area contributed by atoms with E-state index in [0.717, 1.165) is 33.8 Å². The van der Waals surface area contributed by atoms with E-state index in [2.05, 4.69) is 15.4 Å². The van der Waals surface area contributed by atoms with Gasteiger partial charge in [0.15, 0.2) is 5.16 Å². The van der Waals surface area contributed by atoms with E-state index < -0.39 is 0 Å². The predicted octanol–water partition coefficient (Wildman–Crippen LogP) is 4.24. The molecule has 3 aromatic heterocycles. The van der Waals surface area contributed by atoms with Crippen molar-refractivity contribution in [3.8, 4) is 5.69 Å². The van der Waals surface area contributed by atoms with Crippen molar-refractivity contribution >= 4 is 28.4 Å². The van der Waals surface area contributed by atoms with Crippen LogP contribution in [0.25, 0.3) is 22.4 Å². The Kier molecular flexibility index (Phi) is 4.43. The van der Waals surface area contributed by atoms with Crippen molar-refractivity contribution in [3.05, 3.63) is 81.5 Å². The van der Waals surface area contributed by atoms with Crippen molar-refractivity contribution in [1.82, 2.24) is 24.3 Å². The quantitative estimate of drug-likeness (QED) is 0.407. The molecule has 0 spiro atoms. The molecule has 7 nitrogen and oxygen atoms in total. The van der Waals surface area contributed by atoms with Gasteiger partial charge in [-0.1, -0.05) is 46.7 Å². The van der Waals surface area contributed by atoms with E-state index >= 15 is 0 Å². The highest BCUT2D eigenvalue weighted by Crippen LogP contribution is 2.27. The number of hydrogen-bond donors (Lipinski definition) is 0. The third-order valence-electron chi connectivity index (χ3n) is 5.21. The molecule has 0 aliphatic rings. The molecule has 0 saturated carbocycles. The Morgan fingerprint density at radius 3 is 2.50 bits per heavy atom. The van der Waals surface area contributed by atoms with Gasteiger partial charge in [-0.3, -0.25) is 9.20 Å². The first-order valence-electron chi connectivity index (χ1n) is 9.55. The maximum Gasteiger partial charge on any atom is 0.267 e. The number of aromatic nitrogens is 5. The minimum atomic E-state index is -0.114. The monoisotopic (exact) mass is 417 g/mol. The van der Waals surface area contributed by atoms with Gasteiger partial charge >= 0.3 is 0 Å². The molecule has 0 unspecified atom stereocenters. The molecule has 0 radical (unpaired) electrons. The van der Waals surface area contributed by atoms with Crippen molar-refractivity contribution in [1.29, 1.82) is 0 Å². The maximum absolute atomic E-state index is 13.3. The van der Waals surface area contributed by atoms with Crippen LogP contribution in [0, 0.1) is 20.8 Å². The van der Waals surface area contributed by atoms with E-state index in [0.29, 0.717) is 22.1 Å². The summed E-state index contributed by atoms with van der Waals surface area (Å²) in [4.78, 5) is 13.3. The van der Waals surface area contributed by atoms with Crippen LogP contribution in [-0.2, 0) is 5.75 Å². The van der Waals surface area contributed by atoms with Crippen LogP contribution in [0.4, 0.5) is 0 Å². The normalized spacial score (nSPS) is 11.6. The number of nitrogens with zero attached hydrogens (tertiary/aromatic N) is 5. The van der Waals surface area contributed by atoms with Crippen molar-refractivity contribution in [3.63, 3.8) is 0 Å². The Balaban J connectivity index is 1.73. The van der Waals surface area contributed by atoms with Crippen LogP contribution in [0.1, 0.15) is 22.6 Å². The number of aryl methyl sites for hydroxylation is 3. The lowest BCUT2D eigenvalue weighted by Crippen LogP contribution is -2.21. The smallest absolute Gasteiger partial charge is 0.267 e. The number of hydrogen-bond acceptors (Lipinski definition) is 6. The summed E-state index contributed by atoms with van der Waals surface area (Å²) in [5.41, 5.74) is 4.48. The minimum absolute atomic E-state index is 0.114. The van der Waals surface area contributed by atoms with E-state index in [1.165, 1.54) is 0 Å². The lowest BCUT2D eigenvalue weighted by molar-refractivity contribution is 0.392. The first-order valence-corrected chi connectivity index (χ1v) is 10.5. The molecule has 0 saturated heterocycles. The number of fused-ring (bicyclic) bond motifs is 3. The zero-order chi connectivity index (χ0) is 20.8. The van der Waals surface area contributed by atoms with Crippen LogP contribution in [-0.4, -0.2) is 24.3 Å². The van der Waals surface area contributed by atoms with Gasteiger partial charge in [0.05, 0.1) is 22.3 Å². The van der Waals surface area contributed by atoms with Gasteiger partial charge in [0.1, 0.15) is 5.76 Å². The third kappa shape index (κ3) is 2.91. The molecular weight excluding hydrogens is 398 g/mol. The summed E-state index contributed by atoms with van der Waals surface area (Å²) in [6, 6.07) is 15.4. The molecule has 0 amide bonds. The van der Waals surface area contributed by atoms with E-state index in [-0.39, 0.29) is 5.56 Å². The molecule has 150 valence electrons. The first kappa shape index (κ1) is 18.6. The zero-order valence-electron chi connectivity index (χ0n) is 16.8. The largest absolute Gasteiger partial charge is 0.361 e. The second-order valence-corrected chi connectivity index (χ2v) is 8.15. The van der Waals surface area contributed by atoms with Gasteiger partial charge in [0, 0.05) is 11.3 Å². The molecule has 2 aromatic carbocycles. The maximum atomic E-state index is 13.3. The Hall–Kier alpha value is -3.39. The van der Waals surface area contributed by atoms with Gasteiger partial charge in [-0.25, -0.2) is 4.57 Å². The molecule has 3 heterocycles. The number of para-hydroxylation sites is 1. The van der Waals surface area contributed by atoms with Crippen LogP contribution < -0.4 is 5.56 Å². The van der Waals surface area contributed by atoms with E-state index in [1.54, 1.807) is 16.3 Å². The second kappa shape index (κ2) is 7.14. The fourth-order valence-corrected chi connectivity index (χ4v) is 4.64. The molecule has 5 aromatic rings. The average molecular weight is 417 g/mol. The number of benzene rings is 2. The minimum Gasteiger partial charge on any atom is -0.361 e. The van der Waals surface area contributed by atoms with Crippen LogP contribution in [0.15, 0.2) is 63.0 Å². The standard InChI is InChI=1S/C22H19N5O2S/c1-13-8-10-16(11-9-13)26-20(28)17-6-4-5-7-19(17)27-21(26)23-24-22(27)30-12-18-14(2)25-29-15(18)3/h4-11H,12H2,1-3H3. The summed E-state index contributed by atoms with van der Waals surface area (Å²) in [5, 5.41) is 14.2. The topological polar surface area (TPSA) is 78.2 Å². The Bertz CT molecular complexity index is 1430. The van der Waals surface area contributed by atoms with E-state index in [9.17, 15) is 4.79 Å². The lowest BCUT2D eigenvalue weighted by atomic mass is 10.2. The van der Waals surface area contributed by atoms with Crippen LogP contribution in [0.3, 0.4) is 0 Å². The first-order chi connectivity index (χ1) is 14.5. The average Bonchev–Trinajstić information content (AvgIpc) is 3.31. The summed E-state index contributed by atoms with van der Waals surface area (Å²) in [7, 11) is 0. The molecule has 8 heteroatoms. The molecule has 0 bridgehead atoms. The van der Waals surface area contributed by atoms with Crippen molar-refractivity contribution in [2.24, 2.45) is 0 Å². The fourth-order valence-electron chi connectivity index (χ4n) is 3.54. The highest BCUT2D eigenvalue weighted by molar-refractivity contribution is 7.98. The summed E-state index contributed by atoms with van der Waals surface area (Å²) < 4.78 is 8.84. The Morgan fingerprint density at radius 1 is 1.00 bits per heavy atom. The van der Waals surface area contributed by atoms with Crippen molar-refractivity contribution in [2.75, 3.05) is 0 Å². The summed E-state index contributed by atoms with van der Waals surface area (Å²) in [5.74, 6) is 1.94. The van der Waals surface area contributed by atoms with Gasteiger partial charge < -0.3 is 4.52 Å². The molecule has 0 aliphatic carbocycles. The zero-order valence-corrected chi connectivity index (χ0v) is 17.6.